The second-order valence-electron chi connectivity index (χ2n) is 7.41. The number of para-hydroxylation sites is 1. The summed E-state index contributed by atoms with van der Waals surface area (Å²) in [6, 6.07) is 34.4. The fraction of sp³-hybridized carbons (Fsp3) is 0.0714. The number of carbonyl (C=O) groups excluding carboxylic acids is 1. The van der Waals surface area contributed by atoms with E-state index in [4.69, 9.17) is 16.3 Å². The number of hydrazone groups is 1. The highest BCUT2D eigenvalue weighted by Crippen LogP contribution is 2.25. The largest absolute Gasteiger partial charge is 0.488 e. The Morgan fingerprint density at radius 3 is 2.06 bits per heavy atom. The zero-order chi connectivity index (χ0) is 22.9. The SMILES string of the molecule is O=C(N/N=C/c1ccccc1OCc1ccccc1Cl)C(c1ccccc1)c1ccccc1. The molecule has 4 aromatic carbocycles. The van der Waals surface area contributed by atoms with Crippen LogP contribution in [0.1, 0.15) is 28.2 Å². The molecule has 0 saturated heterocycles. The van der Waals surface area contributed by atoms with Crippen LogP contribution < -0.4 is 10.2 Å². The van der Waals surface area contributed by atoms with Gasteiger partial charge in [0.25, 0.3) is 5.91 Å². The molecule has 0 aromatic heterocycles. The molecular formula is C28H23ClN2O2. The average molecular weight is 455 g/mol. The van der Waals surface area contributed by atoms with Gasteiger partial charge in [0.1, 0.15) is 12.4 Å². The van der Waals surface area contributed by atoms with Gasteiger partial charge in [0, 0.05) is 16.1 Å². The lowest BCUT2D eigenvalue weighted by atomic mass is 9.91. The van der Waals surface area contributed by atoms with Crippen LogP contribution in [0, 0.1) is 0 Å². The molecule has 5 heteroatoms. The van der Waals surface area contributed by atoms with Crippen molar-refractivity contribution >= 4 is 23.7 Å². The van der Waals surface area contributed by atoms with E-state index in [2.05, 4.69) is 10.5 Å². The first kappa shape index (κ1) is 22.3. The maximum Gasteiger partial charge on any atom is 0.252 e. The fourth-order valence-corrected chi connectivity index (χ4v) is 3.70. The molecule has 164 valence electrons. The van der Waals surface area contributed by atoms with E-state index in [-0.39, 0.29) is 5.91 Å². The minimum Gasteiger partial charge on any atom is -0.488 e. The number of carbonyl (C=O) groups is 1. The Morgan fingerprint density at radius 1 is 0.818 bits per heavy atom. The van der Waals surface area contributed by atoms with Crippen LogP contribution in [0.5, 0.6) is 5.75 Å². The zero-order valence-corrected chi connectivity index (χ0v) is 18.7. The Labute approximate surface area is 198 Å². The predicted molar refractivity (Wildman–Crippen MR) is 133 cm³/mol. The van der Waals surface area contributed by atoms with E-state index in [0.29, 0.717) is 17.4 Å². The highest BCUT2D eigenvalue weighted by Gasteiger charge is 2.22. The van der Waals surface area contributed by atoms with Crippen molar-refractivity contribution in [3.63, 3.8) is 0 Å². The summed E-state index contributed by atoms with van der Waals surface area (Å²) in [4.78, 5) is 13.1. The van der Waals surface area contributed by atoms with Crippen molar-refractivity contribution in [3.05, 3.63) is 136 Å². The topological polar surface area (TPSA) is 50.7 Å². The summed E-state index contributed by atoms with van der Waals surface area (Å²) in [6.45, 7) is 0.334. The second-order valence-corrected chi connectivity index (χ2v) is 7.81. The number of rotatable bonds is 8. The van der Waals surface area contributed by atoms with Crippen molar-refractivity contribution in [1.29, 1.82) is 0 Å². The lowest BCUT2D eigenvalue weighted by Crippen LogP contribution is -2.26. The van der Waals surface area contributed by atoms with Crippen LogP contribution in [-0.4, -0.2) is 12.1 Å². The normalized spacial score (nSPS) is 11.0. The van der Waals surface area contributed by atoms with Crippen LogP contribution >= 0.6 is 11.6 Å². The van der Waals surface area contributed by atoms with Gasteiger partial charge in [-0.2, -0.15) is 5.10 Å². The highest BCUT2D eigenvalue weighted by atomic mass is 35.5. The molecule has 0 radical (unpaired) electrons. The van der Waals surface area contributed by atoms with Crippen LogP contribution in [0.2, 0.25) is 5.02 Å². The quantitative estimate of drug-likeness (QED) is 0.254. The van der Waals surface area contributed by atoms with Crippen molar-refractivity contribution in [3.8, 4) is 5.75 Å². The van der Waals surface area contributed by atoms with Gasteiger partial charge in [0.2, 0.25) is 0 Å². The van der Waals surface area contributed by atoms with Gasteiger partial charge in [0.15, 0.2) is 0 Å². The minimum atomic E-state index is -0.462. The lowest BCUT2D eigenvalue weighted by molar-refractivity contribution is -0.121. The number of hydrogen-bond donors (Lipinski definition) is 1. The summed E-state index contributed by atoms with van der Waals surface area (Å²) < 4.78 is 5.96. The molecule has 0 atom stereocenters. The summed E-state index contributed by atoms with van der Waals surface area (Å²) >= 11 is 6.23. The molecule has 1 N–H and O–H groups in total. The Morgan fingerprint density at radius 2 is 1.39 bits per heavy atom. The van der Waals surface area contributed by atoms with Gasteiger partial charge < -0.3 is 4.74 Å². The third-order valence-corrected chi connectivity index (χ3v) is 5.54. The Bertz CT molecular complexity index is 1190. The number of nitrogens with one attached hydrogen (secondary N) is 1. The number of amides is 1. The molecule has 0 aliphatic heterocycles. The van der Waals surface area contributed by atoms with E-state index in [9.17, 15) is 4.79 Å². The monoisotopic (exact) mass is 454 g/mol. The van der Waals surface area contributed by atoms with E-state index in [1.165, 1.54) is 0 Å². The number of ether oxygens (including phenoxy) is 1. The first-order valence-corrected chi connectivity index (χ1v) is 11.0. The van der Waals surface area contributed by atoms with Gasteiger partial charge in [-0.15, -0.1) is 0 Å². The van der Waals surface area contributed by atoms with Gasteiger partial charge >= 0.3 is 0 Å². The molecule has 0 spiro atoms. The first-order valence-electron chi connectivity index (χ1n) is 10.6. The highest BCUT2D eigenvalue weighted by molar-refractivity contribution is 6.31. The van der Waals surface area contributed by atoms with Crippen molar-refractivity contribution in [2.75, 3.05) is 0 Å². The summed E-state index contributed by atoms with van der Waals surface area (Å²) in [5, 5.41) is 4.87. The predicted octanol–water partition coefficient (Wildman–Crippen LogP) is 6.20. The van der Waals surface area contributed by atoms with Crippen LogP contribution in [0.3, 0.4) is 0 Å². The zero-order valence-electron chi connectivity index (χ0n) is 17.9. The van der Waals surface area contributed by atoms with Crippen molar-refractivity contribution in [1.82, 2.24) is 5.43 Å². The Kier molecular flexibility index (Phi) is 7.52. The summed E-state index contributed by atoms with van der Waals surface area (Å²) in [6.07, 6.45) is 1.59. The molecule has 0 fully saturated rings. The average Bonchev–Trinajstić information content (AvgIpc) is 2.86. The molecule has 0 unspecified atom stereocenters. The van der Waals surface area contributed by atoms with Crippen LogP contribution in [-0.2, 0) is 11.4 Å². The lowest BCUT2D eigenvalue weighted by Gasteiger charge is -2.16. The van der Waals surface area contributed by atoms with E-state index in [1.807, 2.05) is 109 Å². The summed E-state index contributed by atoms with van der Waals surface area (Å²) in [7, 11) is 0. The third-order valence-electron chi connectivity index (χ3n) is 5.17. The van der Waals surface area contributed by atoms with Crippen molar-refractivity contribution < 1.29 is 9.53 Å². The van der Waals surface area contributed by atoms with Gasteiger partial charge in [-0.3, -0.25) is 4.79 Å². The fourth-order valence-electron chi connectivity index (χ4n) is 3.51. The molecule has 0 heterocycles. The second kappa shape index (κ2) is 11.1. The maximum atomic E-state index is 13.1. The summed E-state index contributed by atoms with van der Waals surface area (Å²) in [5.74, 6) is -0.0209. The summed E-state index contributed by atoms with van der Waals surface area (Å²) in [5.41, 5.74) is 6.14. The molecule has 1 amide bonds. The van der Waals surface area contributed by atoms with Crippen LogP contribution in [0.4, 0.5) is 0 Å². The molecule has 0 bridgehead atoms. The van der Waals surface area contributed by atoms with Gasteiger partial charge in [0.05, 0.1) is 12.1 Å². The number of hydrogen-bond acceptors (Lipinski definition) is 3. The molecule has 4 nitrogen and oxygen atoms in total. The standard InChI is InChI=1S/C28H23ClN2O2/c29-25-17-9-7-16-24(25)20-33-26-18-10-8-15-23(26)19-30-31-28(32)27(21-11-3-1-4-12-21)22-13-5-2-6-14-22/h1-19,27H,20H2,(H,31,32)/b30-19+. The Balaban J connectivity index is 1.48. The molecule has 4 aromatic rings. The smallest absolute Gasteiger partial charge is 0.252 e. The third kappa shape index (κ3) is 5.88. The molecule has 0 aliphatic carbocycles. The van der Waals surface area contributed by atoms with Crippen LogP contribution in [0.25, 0.3) is 0 Å². The van der Waals surface area contributed by atoms with Crippen molar-refractivity contribution in [2.45, 2.75) is 12.5 Å². The van der Waals surface area contributed by atoms with E-state index >= 15 is 0 Å². The van der Waals surface area contributed by atoms with Gasteiger partial charge in [-0.25, -0.2) is 5.43 Å². The minimum absolute atomic E-state index is 0.210. The number of benzene rings is 4. The molecule has 33 heavy (non-hydrogen) atoms. The Hall–Kier alpha value is -3.89. The van der Waals surface area contributed by atoms with Gasteiger partial charge in [-0.05, 0) is 29.3 Å². The van der Waals surface area contributed by atoms with Crippen LogP contribution in [0.15, 0.2) is 114 Å². The van der Waals surface area contributed by atoms with Gasteiger partial charge in [-0.1, -0.05) is 103 Å². The van der Waals surface area contributed by atoms with Crippen molar-refractivity contribution in [2.24, 2.45) is 5.10 Å². The molecule has 0 saturated carbocycles. The maximum absolute atomic E-state index is 13.1. The van der Waals surface area contributed by atoms with E-state index in [0.717, 1.165) is 22.3 Å². The number of halogens is 1. The molecular weight excluding hydrogens is 432 g/mol. The first-order chi connectivity index (χ1) is 16.2. The van der Waals surface area contributed by atoms with E-state index < -0.39 is 5.92 Å². The molecule has 4 rings (SSSR count). The molecule has 0 aliphatic rings. The number of nitrogens with zero attached hydrogens (tertiary/aromatic N) is 1. The van der Waals surface area contributed by atoms with E-state index in [1.54, 1.807) is 6.21 Å².